The van der Waals surface area contributed by atoms with E-state index >= 15 is 0 Å². The van der Waals surface area contributed by atoms with Crippen LogP contribution in [-0.4, -0.2) is 27.4 Å². The zero-order valence-electron chi connectivity index (χ0n) is 19.4. The fourth-order valence-corrected chi connectivity index (χ4v) is 5.40. The minimum absolute atomic E-state index is 0.177. The van der Waals surface area contributed by atoms with E-state index in [0.717, 1.165) is 42.4 Å². The van der Waals surface area contributed by atoms with Gasteiger partial charge in [0.15, 0.2) is 0 Å². The van der Waals surface area contributed by atoms with Crippen molar-refractivity contribution in [1.29, 1.82) is 0 Å². The molecule has 1 fully saturated rings. The molecule has 1 aliphatic carbocycles. The Kier molecular flexibility index (Phi) is 6.46. The fraction of sp³-hybridized carbons (Fsp3) is 0.259. The molecule has 2 amide bonds. The van der Waals surface area contributed by atoms with Crippen molar-refractivity contribution >= 4 is 39.1 Å². The van der Waals surface area contributed by atoms with Gasteiger partial charge in [-0.05, 0) is 37.5 Å². The molecule has 2 N–H and O–H groups in total. The zero-order chi connectivity index (χ0) is 24.4. The number of anilines is 1. The van der Waals surface area contributed by atoms with Gasteiger partial charge >= 0.3 is 0 Å². The third kappa shape index (κ3) is 4.88. The Bertz CT molecular complexity index is 1450. The van der Waals surface area contributed by atoms with Crippen molar-refractivity contribution in [1.82, 2.24) is 14.9 Å². The number of hydrogen-bond acceptors (Lipinski definition) is 5. The number of thiophene rings is 1. The molecule has 35 heavy (non-hydrogen) atoms. The van der Waals surface area contributed by atoms with E-state index in [1.165, 1.54) is 22.2 Å². The third-order valence-corrected chi connectivity index (χ3v) is 7.26. The average Bonchev–Trinajstić information content (AvgIpc) is 3.52. The second-order valence-corrected chi connectivity index (χ2v) is 9.78. The van der Waals surface area contributed by atoms with Crippen LogP contribution in [0.15, 0.2) is 65.0 Å². The molecule has 1 saturated carbocycles. The molecule has 178 valence electrons. The second kappa shape index (κ2) is 9.84. The van der Waals surface area contributed by atoms with Gasteiger partial charge in [-0.25, -0.2) is 4.98 Å². The molecule has 2 aromatic carbocycles. The topological polar surface area (TPSA) is 93.1 Å². The van der Waals surface area contributed by atoms with Crippen LogP contribution in [0.4, 0.5) is 5.69 Å². The van der Waals surface area contributed by atoms with Crippen LogP contribution in [0.3, 0.4) is 0 Å². The number of carbonyl (C=O) groups is 2. The lowest BCUT2D eigenvalue weighted by molar-refractivity contribution is -0.116. The van der Waals surface area contributed by atoms with Gasteiger partial charge in [0.1, 0.15) is 11.4 Å². The van der Waals surface area contributed by atoms with Crippen LogP contribution >= 0.6 is 11.3 Å². The van der Waals surface area contributed by atoms with Crippen LogP contribution in [0.1, 0.15) is 41.6 Å². The Morgan fingerprint density at radius 1 is 1.09 bits per heavy atom. The minimum atomic E-state index is -0.401. The highest BCUT2D eigenvalue weighted by Gasteiger charge is 2.20. The van der Waals surface area contributed by atoms with E-state index in [9.17, 15) is 14.4 Å². The van der Waals surface area contributed by atoms with Gasteiger partial charge < -0.3 is 10.6 Å². The number of carbonyl (C=O) groups excluding carboxylic acids is 2. The van der Waals surface area contributed by atoms with Gasteiger partial charge in [-0.1, -0.05) is 54.8 Å². The molecular weight excluding hydrogens is 460 g/mol. The number of aromatic nitrogens is 2. The Morgan fingerprint density at radius 2 is 1.83 bits per heavy atom. The molecule has 0 spiro atoms. The summed E-state index contributed by atoms with van der Waals surface area (Å²) >= 11 is 1.41. The second-order valence-electron chi connectivity index (χ2n) is 8.92. The molecular formula is C27H26N4O3S. The normalized spacial score (nSPS) is 13.7. The van der Waals surface area contributed by atoms with Crippen LogP contribution in [0.5, 0.6) is 0 Å². The number of fused-ring (bicyclic) bond motifs is 1. The first kappa shape index (κ1) is 23.0. The molecule has 0 atom stereocenters. The van der Waals surface area contributed by atoms with Gasteiger partial charge in [0.25, 0.3) is 11.5 Å². The van der Waals surface area contributed by atoms with Crippen molar-refractivity contribution in [2.75, 3.05) is 5.32 Å². The first-order valence-corrected chi connectivity index (χ1v) is 12.6. The molecule has 0 bridgehead atoms. The highest BCUT2D eigenvalue weighted by molar-refractivity contribution is 7.17. The lowest BCUT2D eigenvalue weighted by Crippen LogP contribution is -2.33. The van der Waals surface area contributed by atoms with Gasteiger partial charge in [0, 0.05) is 17.0 Å². The molecule has 0 saturated heterocycles. The number of amides is 2. The van der Waals surface area contributed by atoms with Crippen LogP contribution in [0.2, 0.25) is 0 Å². The number of rotatable bonds is 6. The third-order valence-electron chi connectivity index (χ3n) is 6.37. The monoisotopic (exact) mass is 486 g/mol. The molecule has 0 unspecified atom stereocenters. The molecule has 2 heterocycles. The molecule has 2 aromatic heterocycles. The maximum atomic E-state index is 13.3. The lowest BCUT2D eigenvalue weighted by atomic mass is 10.1. The zero-order valence-corrected chi connectivity index (χ0v) is 20.2. The summed E-state index contributed by atoms with van der Waals surface area (Å²) in [5, 5.41) is 8.29. The van der Waals surface area contributed by atoms with E-state index in [0.29, 0.717) is 21.5 Å². The largest absolute Gasteiger partial charge is 0.349 e. The smallest absolute Gasteiger partial charge is 0.263 e. The van der Waals surface area contributed by atoms with Gasteiger partial charge in [-0.15, -0.1) is 11.3 Å². The molecule has 0 radical (unpaired) electrons. The van der Waals surface area contributed by atoms with Crippen LogP contribution in [0.25, 0.3) is 21.3 Å². The first-order valence-electron chi connectivity index (χ1n) is 11.7. The van der Waals surface area contributed by atoms with Gasteiger partial charge in [-0.3, -0.25) is 19.0 Å². The van der Waals surface area contributed by atoms with E-state index in [1.807, 2.05) is 36.6 Å². The van der Waals surface area contributed by atoms with Crippen LogP contribution in [0, 0.1) is 6.92 Å². The Hall–Kier alpha value is -3.78. The summed E-state index contributed by atoms with van der Waals surface area (Å²) in [6.45, 7) is 1.81. The van der Waals surface area contributed by atoms with E-state index in [1.54, 1.807) is 24.3 Å². The predicted molar refractivity (Wildman–Crippen MR) is 139 cm³/mol. The number of benzene rings is 2. The van der Waals surface area contributed by atoms with Crippen LogP contribution in [-0.2, 0) is 11.3 Å². The summed E-state index contributed by atoms with van der Waals surface area (Å²) < 4.78 is 1.31. The summed E-state index contributed by atoms with van der Waals surface area (Å²) in [6.07, 6.45) is 5.59. The summed E-state index contributed by atoms with van der Waals surface area (Å²) in [7, 11) is 0. The maximum absolute atomic E-state index is 13.3. The van der Waals surface area contributed by atoms with Crippen molar-refractivity contribution < 1.29 is 9.59 Å². The molecule has 8 heteroatoms. The van der Waals surface area contributed by atoms with E-state index in [2.05, 4.69) is 15.6 Å². The number of hydrogen-bond donors (Lipinski definition) is 2. The van der Waals surface area contributed by atoms with Crippen molar-refractivity contribution in [3.05, 3.63) is 81.7 Å². The molecule has 1 aliphatic rings. The van der Waals surface area contributed by atoms with Crippen molar-refractivity contribution in [2.45, 2.75) is 45.2 Å². The van der Waals surface area contributed by atoms with E-state index in [-0.39, 0.29) is 24.1 Å². The maximum Gasteiger partial charge on any atom is 0.263 e. The Morgan fingerprint density at radius 3 is 2.60 bits per heavy atom. The van der Waals surface area contributed by atoms with Crippen LogP contribution < -0.4 is 16.2 Å². The summed E-state index contributed by atoms with van der Waals surface area (Å²) in [5.41, 5.74) is 3.45. The fourth-order valence-electron chi connectivity index (χ4n) is 4.49. The first-order chi connectivity index (χ1) is 17.0. The van der Waals surface area contributed by atoms with Crippen molar-refractivity contribution in [3.63, 3.8) is 0 Å². The van der Waals surface area contributed by atoms with Gasteiger partial charge in [0.2, 0.25) is 5.91 Å². The van der Waals surface area contributed by atoms with Gasteiger partial charge in [-0.2, -0.15) is 0 Å². The Labute approximate surface area is 206 Å². The van der Waals surface area contributed by atoms with E-state index < -0.39 is 5.91 Å². The lowest BCUT2D eigenvalue weighted by Gasteiger charge is -2.15. The highest BCUT2D eigenvalue weighted by Crippen LogP contribution is 2.30. The molecule has 0 aliphatic heterocycles. The molecule has 4 aromatic rings. The Balaban J connectivity index is 1.37. The SMILES string of the molecule is Cc1ccc(-c2csc3ncn(CC(=O)Nc4ccccc4C(=O)NC4CCCC4)c(=O)c23)cc1. The highest BCUT2D eigenvalue weighted by atomic mass is 32.1. The number of nitrogens with zero attached hydrogens (tertiary/aromatic N) is 2. The average molecular weight is 487 g/mol. The quantitative estimate of drug-likeness (QED) is 0.412. The summed E-state index contributed by atoms with van der Waals surface area (Å²) in [6, 6.07) is 15.1. The molecule has 7 nitrogen and oxygen atoms in total. The summed E-state index contributed by atoms with van der Waals surface area (Å²) in [4.78, 5) is 44.0. The van der Waals surface area contributed by atoms with E-state index in [4.69, 9.17) is 0 Å². The number of para-hydroxylation sites is 1. The number of nitrogens with one attached hydrogen (secondary N) is 2. The summed E-state index contributed by atoms with van der Waals surface area (Å²) in [5.74, 6) is -0.601. The van der Waals surface area contributed by atoms with Gasteiger partial charge in [0.05, 0.1) is 23.0 Å². The number of aryl methyl sites for hydroxylation is 1. The minimum Gasteiger partial charge on any atom is -0.349 e. The standard InChI is InChI=1S/C27H26N4O3S/c1-17-10-12-18(13-11-17)21-15-35-26-24(21)27(34)31(16-28-26)14-23(32)30-22-9-5-4-8-20(22)25(33)29-19-6-2-3-7-19/h4-5,8-13,15-16,19H,2-3,6-7,14H2,1H3,(H,29,33)(H,30,32). The van der Waals surface area contributed by atoms with Crippen molar-refractivity contribution in [2.24, 2.45) is 0 Å². The van der Waals surface area contributed by atoms with Crippen molar-refractivity contribution in [3.8, 4) is 11.1 Å². The predicted octanol–water partition coefficient (Wildman–Crippen LogP) is 4.74. The molecule has 5 rings (SSSR count).